The molecule has 3 rings (SSSR count). The van der Waals surface area contributed by atoms with E-state index in [4.69, 9.17) is 0 Å². The predicted octanol–water partition coefficient (Wildman–Crippen LogP) is 0.0411. The van der Waals surface area contributed by atoms with Gasteiger partial charge in [-0.05, 0) is 24.2 Å². The van der Waals surface area contributed by atoms with Gasteiger partial charge in [0.05, 0.1) is 18.0 Å². The van der Waals surface area contributed by atoms with Crippen LogP contribution in [-0.4, -0.2) is 32.0 Å². The Labute approximate surface area is 112 Å². The Morgan fingerprint density at radius 2 is 2.26 bits per heavy atom. The van der Waals surface area contributed by atoms with E-state index in [9.17, 15) is 9.59 Å². The highest BCUT2D eigenvalue weighted by Crippen LogP contribution is 2.31. The summed E-state index contributed by atoms with van der Waals surface area (Å²) < 4.78 is 0. The molecule has 100 valence electrons. The van der Waals surface area contributed by atoms with Crippen LogP contribution in [0.5, 0.6) is 0 Å². The number of rotatable bonds is 3. The molecule has 0 unspecified atom stereocenters. The van der Waals surface area contributed by atoms with E-state index >= 15 is 0 Å². The standard InChI is InChI=1S/C14H17N3O2/c1-15-6-9-2-3-12-10(4-9)5-13(18)17(12)14(19)11-7-16-8-11/h2-4,11,15-16H,5-8H2,1H3. The average molecular weight is 259 g/mol. The number of anilines is 1. The Hall–Kier alpha value is -1.72. The molecule has 2 heterocycles. The maximum absolute atomic E-state index is 12.3. The first kappa shape index (κ1) is 12.3. The van der Waals surface area contributed by atoms with Crippen LogP contribution in [0, 0.1) is 5.92 Å². The van der Waals surface area contributed by atoms with Gasteiger partial charge in [-0.2, -0.15) is 0 Å². The molecule has 1 fully saturated rings. The number of carbonyl (C=O) groups excluding carboxylic acids is 2. The number of hydrogen-bond acceptors (Lipinski definition) is 4. The number of nitrogens with zero attached hydrogens (tertiary/aromatic N) is 1. The van der Waals surface area contributed by atoms with Crippen LogP contribution < -0.4 is 15.5 Å². The molecule has 2 aliphatic rings. The molecule has 5 heteroatoms. The maximum Gasteiger partial charge on any atom is 0.239 e. The Bertz CT molecular complexity index is 537. The van der Waals surface area contributed by atoms with Crippen molar-refractivity contribution in [3.63, 3.8) is 0 Å². The number of carbonyl (C=O) groups is 2. The molecule has 2 N–H and O–H groups in total. The van der Waals surface area contributed by atoms with Gasteiger partial charge in [-0.25, -0.2) is 4.90 Å². The third kappa shape index (κ3) is 2.05. The summed E-state index contributed by atoms with van der Waals surface area (Å²) in [7, 11) is 1.89. The lowest BCUT2D eigenvalue weighted by Gasteiger charge is -2.29. The van der Waals surface area contributed by atoms with Crippen molar-refractivity contribution in [2.24, 2.45) is 5.92 Å². The zero-order valence-electron chi connectivity index (χ0n) is 10.9. The minimum atomic E-state index is -0.103. The van der Waals surface area contributed by atoms with Crippen LogP contribution in [0.2, 0.25) is 0 Å². The molecule has 0 atom stereocenters. The predicted molar refractivity (Wildman–Crippen MR) is 71.8 cm³/mol. The molecule has 1 aromatic carbocycles. The lowest BCUT2D eigenvalue weighted by molar-refractivity contribution is -0.129. The number of fused-ring (bicyclic) bond motifs is 1. The fourth-order valence-corrected chi connectivity index (χ4v) is 2.58. The highest BCUT2D eigenvalue weighted by Gasteiger charge is 2.38. The number of imide groups is 1. The molecule has 2 amide bonds. The molecule has 1 saturated heterocycles. The van der Waals surface area contributed by atoms with Gasteiger partial charge in [0.25, 0.3) is 0 Å². The number of benzene rings is 1. The van der Waals surface area contributed by atoms with Crippen LogP contribution in [0.25, 0.3) is 0 Å². The molecule has 19 heavy (non-hydrogen) atoms. The van der Waals surface area contributed by atoms with Crippen molar-refractivity contribution in [1.82, 2.24) is 10.6 Å². The van der Waals surface area contributed by atoms with E-state index in [1.807, 2.05) is 25.2 Å². The quantitative estimate of drug-likeness (QED) is 0.753. The molecule has 0 aliphatic carbocycles. The van der Waals surface area contributed by atoms with E-state index in [0.29, 0.717) is 19.5 Å². The van der Waals surface area contributed by atoms with Gasteiger partial charge >= 0.3 is 0 Å². The molecular formula is C14H17N3O2. The number of hydrogen-bond donors (Lipinski definition) is 2. The zero-order chi connectivity index (χ0) is 13.4. The minimum Gasteiger partial charge on any atom is -0.316 e. The Kier molecular flexibility index (Phi) is 3.08. The van der Waals surface area contributed by atoms with Gasteiger partial charge in [-0.1, -0.05) is 12.1 Å². The monoisotopic (exact) mass is 259 g/mol. The van der Waals surface area contributed by atoms with Crippen LogP contribution in [0.1, 0.15) is 11.1 Å². The van der Waals surface area contributed by atoms with Crippen LogP contribution in [-0.2, 0) is 22.6 Å². The third-order valence-corrected chi connectivity index (χ3v) is 3.71. The van der Waals surface area contributed by atoms with E-state index in [0.717, 1.165) is 23.4 Å². The van der Waals surface area contributed by atoms with Gasteiger partial charge in [-0.3, -0.25) is 9.59 Å². The normalized spacial score (nSPS) is 18.4. The molecule has 0 saturated carbocycles. The fraction of sp³-hybridized carbons (Fsp3) is 0.429. The van der Waals surface area contributed by atoms with Crippen LogP contribution in [0.4, 0.5) is 5.69 Å². The summed E-state index contributed by atoms with van der Waals surface area (Å²) in [5, 5.41) is 6.15. The van der Waals surface area contributed by atoms with E-state index in [1.54, 1.807) is 0 Å². The van der Waals surface area contributed by atoms with Crippen LogP contribution in [0.15, 0.2) is 18.2 Å². The summed E-state index contributed by atoms with van der Waals surface area (Å²) in [6.45, 7) is 2.12. The molecule has 0 radical (unpaired) electrons. The third-order valence-electron chi connectivity index (χ3n) is 3.71. The van der Waals surface area contributed by atoms with E-state index < -0.39 is 0 Å². The highest BCUT2D eigenvalue weighted by molar-refractivity contribution is 6.20. The van der Waals surface area contributed by atoms with Crippen molar-refractivity contribution in [1.29, 1.82) is 0 Å². The SMILES string of the molecule is CNCc1ccc2c(c1)CC(=O)N2C(=O)C1CNC1. The zero-order valence-corrected chi connectivity index (χ0v) is 10.9. The Balaban J connectivity index is 1.89. The first-order chi connectivity index (χ1) is 9.20. The van der Waals surface area contributed by atoms with E-state index in [1.165, 1.54) is 4.90 Å². The lowest BCUT2D eigenvalue weighted by Crippen LogP contribution is -2.52. The smallest absolute Gasteiger partial charge is 0.239 e. The summed E-state index contributed by atoms with van der Waals surface area (Å²) in [5.41, 5.74) is 2.86. The number of nitrogens with one attached hydrogen (secondary N) is 2. The first-order valence-electron chi connectivity index (χ1n) is 6.54. The summed E-state index contributed by atoms with van der Waals surface area (Å²) in [6, 6.07) is 5.86. The second-order valence-corrected chi connectivity index (χ2v) is 5.09. The molecular weight excluding hydrogens is 242 g/mol. The Morgan fingerprint density at radius 3 is 2.89 bits per heavy atom. The van der Waals surface area contributed by atoms with Crippen molar-refractivity contribution in [2.75, 3.05) is 25.0 Å². The average Bonchev–Trinajstić information content (AvgIpc) is 2.62. The first-order valence-corrected chi connectivity index (χ1v) is 6.54. The van der Waals surface area contributed by atoms with Crippen LogP contribution in [0.3, 0.4) is 0 Å². The van der Waals surface area contributed by atoms with E-state index in [2.05, 4.69) is 10.6 Å². The summed E-state index contributed by atoms with van der Waals surface area (Å²) in [6.07, 6.45) is 0.332. The molecule has 1 aromatic rings. The van der Waals surface area contributed by atoms with Crippen LogP contribution >= 0.6 is 0 Å². The van der Waals surface area contributed by atoms with Gasteiger partial charge < -0.3 is 10.6 Å². The molecule has 0 spiro atoms. The summed E-state index contributed by atoms with van der Waals surface area (Å²) >= 11 is 0. The minimum absolute atomic E-state index is 0.0492. The topological polar surface area (TPSA) is 61.4 Å². The lowest BCUT2D eigenvalue weighted by atomic mass is 10.0. The summed E-state index contributed by atoms with van der Waals surface area (Å²) in [5.74, 6) is -0.218. The van der Waals surface area contributed by atoms with Gasteiger partial charge in [0.2, 0.25) is 11.8 Å². The molecule has 0 bridgehead atoms. The van der Waals surface area contributed by atoms with Gasteiger partial charge in [-0.15, -0.1) is 0 Å². The second-order valence-electron chi connectivity index (χ2n) is 5.09. The highest BCUT2D eigenvalue weighted by atomic mass is 16.2. The molecule has 5 nitrogen and oxygen atoms in total. The largest absolute Gasteiger partial charge is 0.316 e. The van der Waals surface area contributed by atoms with Gasteiger partial charge in [0, 0.05) is 19.6 Å². The molecule has 2 aliphatic heterocycles. The van der Waals surface area contributed by atoms with Crippen molar-refractivity contribution >= 4 is 17.5 Å². The second kappa shape index (κ2) is 4.75. The fourth-order valence-electron chi connectivity index (χ4n) is 2.58. The van der Waals surface area contributed by atoms with Crippen molar-refractivity contribution in [3.05, 3.63) is 29.3 Å². The van der Waals surface area contributed by atoms with E-state index in [-0.39, 0.29) is 17.7 Å². The van der Waals surface area contributed by atoms with Crippen molar-refractivity contribution < 1.29 is 9.59 Å². The van der Waals surface area contributed by atoms with Gasteiger partial charge in [0.15, 0.2) is 0 Å². The Morgan fingerprint density at radius 1 is 1.47 bits per heavy atom. The van der Waals surface area contributed by atoms with Crippen molar-refractivity contribution in [3.8, 4) is 0 Å². The maximum atomic E-state index is 12.3. The van der Waals surface area contributed by atoms with Crippen molar-refractivity contribution in [2.45, 2.75) is 13.0 Å². The summed E-state index contributed by atoms with van der Waals surface area (Å²) in [4.78, 5) is 25.7. The molecule has 0 aromatic heterocycles. The number of amides is 2. The van der Waals surface area contributed by atoms with Gasteiger partial charge in [0.1, 0.15) is 0 Å².